The van der Waals surface area contributed by atoms with E-state index in [-0.39, 0.29) is 18.4 Å². The summed E-state index contributed by atoms with van der Waals surface area (Å²) < 4.78 is 1.58. The van der Waals surface area contributed by atoms with Crippen molar-refractivity contribution in [3.05, 3.63) is 78.1 Å². The smallest absolute Gasteiger partial charge is 0.246 e. The van der Waals surface area contributed by atoms with Crippen molar-refractivity contribution in [2.24, 2.45) is 0 Å². The van der Waals surface area contributed by atoms with Crippen LogP contribution in [0.4, 0.5) is 11.4 Å². The summed E-state index contributed by atoms with van der Waals surface area (Å²) in [5.74, 6) is -0.208. The van der Waals surface area contributed by atoms with Gasteiger partial charge in [-0.05, 0) is 41.5 Å². The highest BCUT2D eigenvalue weighted by Crippen LogP contribution is 2.13. The molecule has 0 bridgehead atoms. The Balaban J connectivity index is 1.50. The SMILES string of the molecule is CC(=O)Nc1cccc(CNCc2cccc(NC(=O)Cn3cccn3)c2)c1. The molecular weight excluding hydrogens is 354 g/mol. The molecule has 28 heavy (non-hydrogen) atoms. The average molecular weight is 377 g/mol. The van der Waals surface area contributed by atoms with Gasteiger partial charge in [0.1, 0.15) is 6.54 Å². The summed E-state index contributed by atoms with van der Waals surface area (Å²) in [6, 6.07) is 17.2. The lowest BCUT2D eigenvalue weighted by molar-refractivity contribution is -0.117. The van der Waals surface area contributed by atoms with Gasteiger partial charge in [0.15, 0.2) is 0 Å². The van der Waals surface area contributed by atoms with Gasteiger partial charge in [0, 0.05) is 43.8 Å². The van der Waals surface area contributed by atoms with Crippen LogP contribution in [0.5, 0.6) is 0 Å². The van der Waals surface area contributed by atoms with E-state index in [1.165, 1.54) is 6.92 Å². The molecule has 0 radical (unpaired) electrons. The van der Waals surface area contributed by atoms with Crippen molar-refractivity contribution in [1.29, 1.82) is 0 Å². The maximum atomic E-state index is 12.1. The van der Waals surface area contributed by atoms with Gasteiger partial charge in [0.2, 0.25) is 11.8 Å². The lowest BCUT2D eigenvalue weighted by atomic mass is 10.1. The zero-order valence-corrected chi connectivity index (χ0v) is 15.7. The Kier molecular flexibility index (Phi) is 6.54. The summed E-state index contributed by atoms with van der Waals surface area (Å²) in [5.41, 5.74) is 3.68. The van der Waals surface area contributed by atoms with Crippen molar-refractivity contribution >= 4 is 23.2 Å². The van der Waals surface area contributed by atoms with Crippen LogP contribution in [0.2, 0.25) is 0 Å². The molecule has 3 N–H and O–H groups in total. The van der Waals surface area contributed by atoms with Gasteiger partial charge in [-0.3, -0.25) is 14.3 Å². The van der Waals surface area contributed by atoms with Crippen LogP contribution in [-0.4, -0.2) is 21.6 Å². The maximum Gasteiger partial charge on any atom is 0.246 e. The van der Waals surface area contributed by atoms with Gasteiger partial charge >= 0.3 is 0 Å². The topological polar surface area (TPSA) is 88.0 Å². The van der Waals surface area contributed by atoms with Crippen molar-refractivity contribution in [3.8, 4) is 0 Å². The molecule has 144 valence electrons. The Hall–Kier alpha value is -3.45. The molecule has 3 rings (SSSR count). The minimum Gasteiger partial charge on any atom is -0.326 e. The standard InChI is InChI=1S/C21H23N5O2/c1-16(27)24-19-7-2-5-17(11-19)13-22-14-18-6-3-8-20(12-18)25-21(28)15-26-10-4-9-23-26/h2-12,22H,13-15H2,1H3,(H,24,27)(H,25,28). The van der Waals surface area contributed by atoms with Crippen molar-refractivity contribution in [2.75, 3.05) is 10.6 Å². The van der Waals surface area contributed by atoms with Gasteiger partial charge in [0.05, 0.1) is 0 Å². The molecule has 2 amide bonds. The van der Waals surface area contributed by atoms with Gasteiger partial charge < -0.3 is 16.0 Å². The van der Waals surface area contributed by atoms with E-state index in [4.69, 9.17) is 0 Å². The van der Waals surface area contributed by atoms with E-state index in [0.717, 1.165) is 22.5 Å². The van der Waals surface area contributed by atoms with E-state index in [0.29, 0.717) is 13.1 Å². The van der Waals surface area contributed by atoms with E-state index in [2.05, 4.69) is 21.0 Å². The van der Waals surface area contributed by atoms with E-state index in [9.17, 15) is 9.59 Å². The minimum absolute atomic E-state index is 0.0865. The van der Waals surface area contributed by atoms with E-state index in [1.54, 1.807) is 23.1 Å². The molecule has 0 fully saturated rings. The molecular formula is C21H23N5O2. The Bertz CT molecular complexity index is 937. The number of hydrogen-bond acceptors (Lipinski definition) is 4. The number of hydrogen-bond donors (Lipinski definition) is 3. The summed E-state index contributed by atoms with van der Waals surface area (Å²) in [6.45, 7) is 3.00. The highest BCUT2D eigenvalue weighted by Gasteiger charge is 2.04. The number of nitrogens with zero attached hydrogens (tertiary/aromatic N) is 2. The quantitative estimate of drug-likeness (QED) is 0.563. The number of benzene rings is 2. The third kappa shape index (κ3) is 6.07. The summed E-state index contributed by atoms with van der Waals surface area (Å²) in [6.07, 6.45) is 3.40. The first-order chi connectivity index (χ1) is 13.6. The summed E-state index contributed by atoms with van der Waals surface area (Å²) >= 11 is 0. The van der Waals surface area contributed by atoms with Gasteiger partial charge in [-0.25, -0.2) is 0 Å². The molecule has 0 spiro atoms. The van der Waals surface area contributed by atoms with Crippen LogP contribution >= 0.6 is 0 Å². The molecule has 1 heterocycles. The predicted molar refractivity (Wildman–Crippen MR) is 109 cm³/mol. The van der Waals surface area contributed by atoms with Crippen molar-refractivity contribution in [1.82, 2.24) is 15.1 Å². The largest absolute Gasteiger partial charge is 0.326 e. The molecule has 0 atom stereocenters. The van der Waals surface area contributed by atoms with Crippen molar-refractivity contribution in [2.45, 2.75) is 26.6 Å². The molecule has 0 unspecified atom stereocenters. The van der Waals surface area contributed by atoms with Gasteiger partial charge in [-0.15, -0.1) is 0 Å². The lowest BCUT2D eigenvalue weighted by Gasteiger charge is -2.10. The van der Waals surface area contributed by atoms with Crippen LogP contribution in [0.1, 0.15) is 18.1 Å². The zero-order valence-electron chi connectivity index (χ0n) is 15.7. The number of amides is 2. The molecule has 0 aliphatic rings. The van der Waals surface area contributed by atoms with Crippen LogP contribution < -0.4 is 16.0 Å². The Morgan fingerprint density at radius 2 is 1.57 bits per heavy atom. The number of rotatable bonds is 8. The fourth-order valence-electron chi connectivity index (χ4n) is 2.81. The maximum absolute atomic E-state index is 12.1. The van der Waals surface area contributed by atoms with Crippen LogP contribution in [0.3, 0.4) is 0 Å². The third-order valence-electron chi connectivity index (χ3n) is 3.98. The second-order valence-corrected chi connectivity index (χ2v) is 6.44. The number of carbonyl (C=O) groups is 2. The minimum atomic E-state index is -0.122. The fourth-order valence-corrected chi connectivity index (χ4v) is 2.81. The fraction of sp³-hybridized carbons (Fsp3) is 0.190. The first-order valence-corrected chi connectivity index (χ1v) is 9.02. The second kappa shape index (κ2) is 9.48. The zero-order chi connectivity index (χ0) is 19.8. The molecule has 0 saturated heterocycles. The Morgan fingerprint density at radius 3 is 2.14 bits per heavy atom. The predicted octanol–water partition coefficient (Wildman–Crippen LogP) is 2.77. The van der Waals surface area contributed by atoms with Crippen LogP contribution in [0, 0.1) is 0 Å². The Labute approximate surface area is 163 Å². The molecule has 0 aliphatic heterocycles. The van der Waals surface area contributed by atoms with Crippen molar-refractivity contribution < 1.29 is 9.59 Å². The highest BCUT2D eigenvalue weighted by atomic mass is 16.2. The normalized spacial score (nSPS) is 10.5. The van der Waals surface area contributed by atoms with E-state index < -0.39 is 0 Å². The lowest BCUT2D eigenvalue weighted by Crippen LogP contribution is -2.19. The number of carbonyl (C=O) groups excluding carboxylic acids is 2. The van der Waals surface area contributed by atoms with E-state index in [1.807, 2.05) is 48.5 Å². The van der Waals surface area contributed by atoms with Crippen molar-refractivity contribution in [3.63, 3.8) is 0 Å². The van der Waals surface area contributed by atoms with Gasteiger partial charge in [-0.2, -0.15) is 5.10 Å². The second-order valence-electron chi connectivity index (χ2n) is 6.44. The molecule has 7 nitrogen and oxygen atoms in total. The highest BCUT2D eigenvalue weighted by molar-refractivity contribution is 5.90. The molecule has 3 aromatic rings. The van der Waals surface area contributed by atoms with Crippen LogP contribution in [0.15, 0.2) is 67.0 Å². The summed E-state index contributed by atoms with van der Waals surface area (Å²) in [7, 11) is 0. The van der Waals surface area contributed by atoms with Gasteiger partial charge in [0.25, 0.3) is 0 Å². The Morgan fingerprint density at radius 1 is 0.929 bits per heavy atom. The summed E-state index contributed by atoms with van der Waals surface area (Å²) in [5, 5.41) is 13.1. The monoisotopic (exact) mass is 377 g/mol. The molecule has 1 aromatic heterocycles. The molecule has 7 heteroatoms. The molecule has 0 aliphatic carbocycles. The van der Waals surface area contributed by atoms with Gasteiger partial charge in [-0.1, -0.05) is 24.3 Å². The molecule has 2 aromatic carbocycles. The number of nitrogens with one attached hydrogen (secondary N) is 3. The number of aromatic nitrogens is 2. The average Bonchev–Trinajstić information content (AvgIpc) is 3.14. The van der Waals surface area contributed by atoms with Crippen LogP contribution in [0.25, 0.3) is 0 Å². The molecule has 0 saturated carbocycles. The number of anilines is 2. The first-order valence-electron chi connectivity index (χ1n) is 9.02. The first kappa shape index (κ1) is 19.3. The van der Waals surface area contributed by atoms with E-state index >= 15 is 0 Å². The van der Waals surface area contributed by atoms with Crippen LogP contribution in [-0.2, 0) is 29.2 Å². The third-order valence-corrected chi connectivity index (χ3v) is 3.98. The summed E-state index contributed by atoms with van der Waals surface area (Å²) in [4.78, 5) is 23.2.